The van der Waals surface area contributed by atoms with Gasteiger partial charge in [-0.05, 0) is 45.4 Å². The molecule has 0 amide bonds. The monoisotopic (exact) mass is 229 g/mol. The van der Waals surface area contributed by atoms with Crippen LogP contribution in [0.2, 0.25) is 0 Å². The maximum atomic E-state index is 14.1. The minimum absolute atomic E-state index is 0.241. The Hall–Kier alpha value is -0.110. The molecule has 0 aromatic heterocycles. The highest BCUT2D eigenvalue weighted by Gasteiger charge is 2.38. The number of rotatable bonds is 1. The van der Waals surface area contributed by atoms with Gasteiger partial charge in [0.15, 0.2) is 0 Å². The third-order valence-corrected chi connectivity index (χ3v) is 3.89. The van der Waals surface area contributed by atoms with Crippen molar-refractivity contribution in [2.75, 3.05) is 6.54 Å². The normalized spacial score (nSPS) is 34.1. The van der Waals surface area contributed by atoms with Gasteiger partial charge in [0.25, 0.3) is 0 Å². The molecule has 1 saturated heterocycles. The summed E-state index contributed by atoms with van der Waals surface area (Å²) in [7, 11) is 0. The molecule has 1 aliphatic rings. The molecule has 1 rings (SSSR count). The van der Waals surface area contributed by atoms with Crippen LogP contribution in [0.5, 0.6) is 0 Å². The third-order valence-electron chi connectivity index (χ3n) is 3.89. The SMILES string of the molecule is CC(C)N1CCC(C)(F)CCC1C(C)(C)C. The molecule has 0 saturated carbocycles. The molecule has 0 spiro atoms. The molecular formula is C14H28FN. The number of halogens is 1. The van der Waals surface area contributed by atoms with Crippen molar-refractivity contribution in [2.24, 2.45) is 5.41 Å². The second-order valence-electron chi connectivity index (χ2n) is 6.92. The van der Waals surface area contributed by atoms with Gasteiger partial charge in [0, 0.05) is 18.6 Å². The van der Waals surface area contributed by atoms with Crippen molar-refractivity contribution in [1.82, 2.24) is 4.90 Å². The molecule has 0 aromatic rings. The van der Waals surface area contributed by atoms with Crippen LogP contribution in [0.25, 0.3) is 0 Å². The quantitative estimate of drug-likeness (QED) is 0.656. The molecule has 1 fully saturated rings. The van der Waals surface area contributed by atoms with E-state index >= 15 is 0 Å². The fraction of sp³-hybridized carbons (Fsp3) is 1.00. The lowest BCUT2D eigenvalue weighted by Gasteiger charge is -2.41. The van der Waals surface area contributed by atoms with Gasteiger partial charge in [-0.25, -0.2) is 4.39 Å². The Kier molecular flexibility index (Phi) is 4.04. The highest BCUT2D eigenvalue weighted by Crippen LogP contribution is 2.36. The smallest absolute Gasteiger partial charge is 0.109 e. The molecule has 0 radical (unpaired) electrons. The lowest BCUT2D eigenvalue weighted by atomic mass is 9.82. The van der Waals surface area contributed by atoms with Crippen molar-refractivity contribution in [1.29, 1.82) is 0 Å². The fourth-order valence-corrected chi connectivity index (χ4v) is 2.80. The van der Waals surface area contributed by atoms with Crippen LogP contribution in [-0.2, 0) is 0 Å². The van der Waals surface area contributed by atoms with Gasteiger partial charge in [-0.1, -0.05) is 20.8 Å². The Labute approximate surface area is 100 Å². The minimum atomic E-state index is -0.965. The summed E-state index contributed by atoms with van der Waals surface area (Å²) in [6.07, 6.45) is 2.37. The summed E-state index contributed by atoms with van der Waals surface area (Å²) in [5.41, 5.74) is -0.724. The molecule has 0 aromatic carbocycles. The predicted molar refractivity (Wildman–Crippen MR) is 68.4 cm³/mol. The Morgan fingerprint density at radius 2 is 1.81 bits per heavy atom. The summed E-state index contributed by atoms with van der Waals surface area (Å²) in [5, 5.41) is 0. The molecule has 0 aliphatic carbocycles. The zero-order valence-corrected chi connectivity index (χ0v) is 11.8. The maximum absolute atomic E-state index is 14.1. The van der Waals surface area contributed by atoms with E-state index in [2.05, 4.69) is 39.5 Å². The van der Waals surface area contributed by atoms with Crippen molar-refractivity contribution in [3.63, 3.8) is 0 Å². The van der Waals surface area contributed by atoms with Crippen molar-refractivity contribution in [3.8, 4) is 0 Å². The van der Waals surface area contributed by atoms with Crippen LogP contribution in [0.1, 0.15) is 60.8 Å². The van der Waals surface area contributed by atoms with Crippen molar-refractivity contribution in [3.05, 3.63) is 0 Å². The van der Waals surface area contributed by atoms with Gasteiger partial charge in [-0.15, -0.1) is 0 Å². The highest BCUT2D eigenvalue weighted by molar-refractivity contribution is 4.91. The number of alkyl halides is 1. The molecular weight excluding hydrogens is 201 g/mol. The maximum Gasteiger partial charge on any atom is 0.109 e. The standard InChI is InChI=1S/C14H28FN/c1-11(2)16-10-9-14(6,15)8-7-12(16)13(3,4)5/h11-12H,7-10H2,1-6H3. The number of nitrogens with zero attached hydrogens (tertiary/aromatic N) is 1. The van der Waals surface area contributed by atoms with Gasteiger partial charge in [-0.3, -0.25) is 4.90 Å². The Bertz CT molecular complexity index is 227. The second kappa shape index (κ2) is 4.64. The largest absolute Gasteiger partial charge is 0.297 e. The van der Waals surface area contributed by atoms with E-state index in [4.69, 9.17) is 0 Å². The molecule has 16 heavy (non-hydrogen) atoms. The van der Waals surface area contributed by atoms with Crippen molar-refractivity contribution in [2.45, 2.75) is 78.6 Å². The van der Waals surface area contributed by atoms with Crippen LogP contribution in [0.3, 0.4) is 0 Å². The summed E-state index contributed by atoms with van der Waals surface area (Å²) in [6.45, 7) is 13.9. The van der Waals surface area contributed by atoms with E-state index in [1.54, 1.807) is 6.92 Å². The topological polar surface area (TPSA) is 3.24 Å². The van der Waals surface area contributed by atoms with Gasteiger partial charge in [-0.2, -0.15) is 0 Å². The van der Waals surface area contributed by atoms with E-state index in [1.165, 1.54) is 0 Å². The van der Waals surface area contributed by atoms with Crippen LogP contribution in [0.4, 0.5) is 4.39 Å². The number of hydrogen-bond acceptors (Lipinski definition) is 1. The van der Waals surface area contributed by atoms with Gasteiger partial charge < -0.3 is 0 Å². The summed E-state index contributed by atoms with van der Waals surface area (Å²) >= 11 is 0. The minimum Gasteiger partial charge on any atom is -0.297 e. The number of likely N-dealkylation sites (tertiary alicyclic amines) is 1. The zero-order chi connectivity index (χ0) is 12.6. The summed E-state index contributed by atoms with van der Waals surface area (Å²) < 4.78 is 14.1. The van der Waals surface area contributed by atoms with Gasteiger partial charge in [0.2, 0.25) is 0 Å². The third kappa shape index (κ3) is 3.44. The summed E-state index contributed by atoms with van der Waals surface area (Å²) in [5.74, 6) is 0. The van der Waals surface area contributed by atoms with E-state index < -0.39 is 5.67 Å². The van der Waals surface area contributed by atoms with E-state index in [9.17, 15) is 4.39 Å². The highest BCUT2D eigenvalue weighted by atomic mass is 19.1. The molecule has 96 valence electrons. The van der Waals surface area contributed by atoms with Gasteiger partial charge >= 0.3 is 0 Å². The van der Waals surface area contributed by atoms with E-state index in [-0.39, 0.29) is 5.41 Å². The molecule has 1 heterocycles. The molecule has 2 heteroatoms. The van der Waals surface area contributed by atoms with E-state index in [0.29, 0.717) is 24.9 Å². The first kappa shape index (κ1) is 14.0. The zero-order valence-electron chi connectivity index (χ0n) is 11.8. The van der Waals surface area contributed by atoms with Gasteiger partial charge in [0.1, 0.15) is 5.67 Å². The molecule has 1 aliphatic heterocycles. The van der Waals surface area contributed by atoms with Crippen LogP contribution in [0.15, 0.2) is 0 Å². The first-order valence-electron chi connectivity index (χ1n) is 6.58. The van der Waals surface area contributed by atoms with Crippen molar-refractivity contribution < 1.29 is 4.39 Å². The van der Waals surface area contributed by atoms with Gasteiger partial charge in [0.05, 0.1) is 0 Å². The van der Waals surface area contributed by atoms with Crippen LogP contribution >= 0.6 is 0 Å². The molecule has 0 N–H and O–H groups in total. The average Bonchev–Trinajstić information content (AvgIpc) is 2.22. The molecule has 2 atom stereocenters. The summed E-state index contributed by atoms with van der Waals surface area (Å²) in [4.78, 5) is 2.49. The Morgan fingerprint density at radius 3 is 2.25 bits per heavy atom. The summed E-state index contributed by atoms with van der Waals surface area (Å²) in [6, 6.07) is 1.02. The van der Waals surface area contributed by atoms with Crippen molar-refractivity contribution >= 4 is 0 Å². The van der Waals surface area contributed by atoms with Crippen LogP contribution in [-0.4, -0.2) is 29.2 Å². The fourth-order valence-electron chi connectivity index (χ4n) is 2.80. The lowest BCUT2D eigenvalue weighted by molar-refractivity contribution is 0.0722. The first-order chi connectivity index (χ1) is 7.13. The molecule has 1 nitrogen and oxygen atoms in total. The Morgan fingerprint density at radius 1 is 1.25 bits per heavy atom. The van der Waals surface area contributed by atoms with E-state index in [1.807, 2.05) is 0 Å². The Balaban J connectivity index is 2.86. The van der Waals surface area contributed by atoms with E-state index in [0.717, 1.165) is 13.0 Å². The molecule has 2 unspecified atom stereocenters. The molecule has 0 bridgehead atoms. The van der Waals surface area contributed by atoms with Crippen LogP contribution < -0.4 is 0 Å². The average molecular weight is 229 g/mol. The van der Waals surface area contributed by atoms with Crippen LogP contribution in [0, 0.1) is 5.41 Å². The second-order valence-corrected chi connectivity index (χ2v) is 6.92. The first-order valence-corrected chi connectivity index (χ1v) is 6.58. The predicted octanol–water partition coefficient (Wildman–Crippen LogP) is 4.02. The lowest BCUT2D eigenvalue weighted by Crippen LogP contribution is -2.47. The number of hydrogen-bond donors (Lipinski definition) is 0.